The normalized spacial score (nSPS) is 11.3. The fourth-order valence-corrected chi connectivity index (χ4v) is 3.42. The number of para-hydroxylation sites is 2. The van der Waals surface area contributed by atoms with E-state index in [4.69, 9.17) is 9.97 Å². The maximum absolute atomic E-state index is 4.96. The summed E-state index contributed by atoms with van der Waals surface area (Å²) in [5.74, 6) is 1.66. The van der Waals surface area contributed by atoms with Crippen LogP contribution in [0.2, 0.25) is 0 Å². The van der Waals surface area contributed by atoms with Crippen molar-refractivity contribution in [1.82, 2.24) is 14.5 Å². The second-order valence-electron chi connectivity index (χ2n) is 6.50. The second kappa shape index (κ2) is 5.81. The predicted octanol–water partition coefficient (Wildman–Crippen LogP) is 5.55. The average molecular weight is 335 g/mol. The Bertz CT molecular complexity index is 1250. The molecule has 0 bridgehead atoms. The molecule has 124 valence electrons. The van der Waals surface area contributed by atoms with Crippen molar-refractivity contribution in [2.45, 2.75) is 6.92 Å². The summed E-state index contributed by atoms with van der Waals surface area (Å²) in [6, 6.07) is 27.0. The topological polar surface area (TPSA) is 30.7 Å². The zero-order valence-electron chi connectivity index (χ0n) is 14.4. The minimum absolute atomic E-state index is 0.750. The van der Waals surface area contributed by atoms with Gasteiger partial charge in [0.15, 0.2) is 5.82 Å². The molecule has 0 saturated heterocycles. The lowest BCUT2D eigenvalue weighted by Crippen LogP contribution is -2.01. The van der Waals surface area contributed by atoms with E-state index in [1.54, 1.807) is 0 Å². The molecular weight excluding hydrogens is 318 g/mol. The summed E-state index contributed by atoms with van der Waals surface area (Å²) >= 11 is 0. The molecule has 3 aromatic carbocycles. The van der Waals surface area contributed by atoms with Crippen molar-refractivity contribution in [2.75, 3.05) is 0 Å². The molecule has 5 aromatic rings. The molecule has 0 aliphatic rings. The van der Waals surface area contributed by atoms with Crippen LogP contribution in [0.3, 0.4) is 0 Å². The van der Waals surface area contributed by atoms with Crippen LogP contribution in [0.4, 0.5) is 0 Å². The van der Waals surface area contributed by atoms with Gasteiger partial charge in [-0.25, -0.2) is 9.97 Å². The van der Waals surface area contributed by atoms with E-state index in [2.05, 4.69) is 72.3 Å². The third-order valence-electron chi connectivity index (χ3n) is 4.69. The van der Waals surface area contributed by atoms with Crippen molar-refractivity contribution in [3.05, 3.63) is 90.6 Å². The largest absolute Gasteiger partial charge is 0.301 e. The summed E-state index contributed by atoms with van der Waals surface area (Å²) in [6.45, 7) is 2.09. The highest BCUT2D eigenvalue weighted by atomic mass is 15.1. The molecule has 26 heavy (non-hydrogen) atoms. The molecule has 2 aromatic heterocycles. The van der Waals surface area contributed by atoms with E-state index in [-0.39, 0.29) is 0 Å². The van der Waals surface area contributed by atoms with E-state index in [1.807, 2.05) is 24.3 Å². The minimum atomic E-state index is 0.750. The first-order valence-corrected chi connectivity index (χ1v) is 8.70. The van der Waals surface area contributed by atoms with Crippen molar-refractivity contribution < 1.29 is 0 Å². The van der Waals surface area contributed by atoms with Gasteiger partial charge >= 0.3 is 0 Å². The fourth-order valence-electron chi connectivity index (χ4n) is 3.42. The molecule has 0 N–H and O–H groups in total. The van der Waals surface area contributed by atoms with Crippen molar-refractivity contribution in [2.24, 2.45) is 0 Å². The molecule has 3 heteroatoms. The first-order chi connectivity index (χ1) is 12.8. The van der Waals surface area contributed by atoms with Gasteiger partial charge in [-0.1, -0.05) is 54.1 Å². The van der Waals surface area contributed by atoms with Crippen LogP contribution in [0.5, 0.6) is 0 Å². The van der Waals surface area contributed by atoms with Gasteiger partial charge in [-0.15, -0.1) is 0 Å². The fraction of sp³-hybridized carbons (Fsp3) is 0.0435. The number of hydrogen-bond acceptors (Lipinski definition) is 2. The van der Waals surface area contributed by atoms with Gasteiger partial charge in [0.05, 0.1) is 11.0 Å². The lowest BCUT2D eigenvalue weighted by atomic mass is 10.1. The summed E-state index contributed by atoms with van der Waals surface area (Å²) in [6.07, 6.45) is 2.08. The number of fused-ring (bicyclic) bond motifs is 2. The van der Waals surface area contributed by atoms with Gasteiger partial charge in [0.25, 0.3) is 0 Å². The van der Waals surface area contributed by atoms with Gasteiger partial charge in [-0.05, 0) is 42.6 Å². The number of rotatable bonds is 2. The number of aromatic nitrogens is 3. The number of nitrogens with zero attached hydrogens (tertiary/aromatic N) is 3. The maximum atomic E-state index is 4.96. The van der Waals surface area contributed by atoms with Crippen LogP contribution in [0.1, 0.15) is 5.56 Å². The summed E-state index contributed by atoms with van der Waals surface area (Å²) in [5.41, 5.74) is 4.33. The first kappa shape index (κ1) is 14.8. The van der Waals surface area contributed by atoms with Crippen molar-refractivity contribution in [3.8, 4) is 17.2 Å². The highest BCUT2D eigenvalue weighted by Gasteiger charge is 2.12. The molecule has 0 aliphatic carbocycles. The van der Waals surface area contributed by atoms with Crippen molar-refractivity contribution >= 4 is 21.8 Å². The van der Waals surface area contributed by atoms with Crippen LogP contribution >= 0.6 is 0 Å². The van der Waals surface area contributed by atoms with E-state index in [0.717, 1.165) is 33.6 Å². The Kier molecular flexibility index (Phi) is 3.32. The summed E-state index contributed by atoms with van der Waals surface area (Å²) < 4.78 is 2.15. The Morgan fingerprint density at radius 1 is 0.769 bits per heavy atom. The zero-order chi connectivity index (χ0) is 17.5. The molecule has 0 fully saturated rings. The Balaban J connectivity index is 1.84. The molecule has 0 aliphatic heterocycles. The van der Waals surface area contributed by atoms with Crippen LogP contribution < -0.4 is 0 Å². The Morgan fingerprint density at radius 3 is 2.54 bits per heavy atom. The Hall–Kier alpha value is -3.46. The van der Waals surface area contributed by atoms with Crippen LogP contribution in [0, 0.1) is 6.92 Å². The monoisotopic (exact) mass is 335 g/mol. The van der Waals surface area contributed by atoms with Gasteiger partial charge in [-0.2, -0.15) is 0 Å². The quantitative estimate of drug-likeness (QED) is 0.423. The predicted molar refractivity (Wildman–Crippen MR) is 107 cm³/mol. The lowest BCUT2D eigenvalue weighted by Gasteiger charge is -2.11. The highest BCUT2D eigenvalue weighted by molar-refractivity contribution is 5.90. The van der Waals surface area contributed by atoms with E-state index in [0.29, 0.717) is 0 Å². The third-order valence-corrected chi connectivity index (χ3v) is 4.69. The molecule has 0 saturated carbocycles. The Labute approximate surface area is 151 Å². The molecule has 0 unspecified atom stereocenters. The molecule has 5 rings (SSSR count). The van der Waals surface area contributed by atoms with E-state index in [9.17, 15) is 0 Å². The zero-order valence-corrected chi connectivity index (χ0v) is 14.4. The summed E-state index contributed by atoms with van der Waals surface area (Å²) in [4.78, 5) is 9.77. The summed E-state index contributed by atoms with van der Waals surface area (Å²) in [5, 5.41) is 2.25. The number of hydrogen-bond donors (Lipinski definition) is 0. The van der Waals surface area contributed by atoms with Crippen LogP contribution in [0.15, 0.2) is 85.1 Å². The molecule has 0 amide bonds. The first-order valence-electron chi connectivity index (χ1n) is 8.70. The SMILES string of the molecule is Cc1cccc(-c2nc(-n3ccc4ccccc43)c3ccccc3n2)c1. The molecule has 0 radical (unpaired) electrons. The van der Waals surface area contributed by atoms with Gasteiger partial charge in [-0.3, -0.25) is 0 Å². The minimum Gasteiger partial charge on any atom is -0.301 e. The van der Waals surface area contributed by atoms with E-state index < -0.39 is 0 Å². The van der Waals surface area contributed by atoms with Crippen LogP contribution in [0.25, 0.3) is 39.0 Å². The standard InChI is InChI=1S/C23H17N3/c1-16-7-6-9-18(15-16)22-24-20-11-4-3-10-19(20)23(25-22)26-14-13-17-8-2-5-12-21(17)26/h2-15H,1H3. The molecule has 3 nitrogen and oxygen atoms in total. The maximum Gasteiger partial charge on any atom is 0.162 e. The second-order valence-corrected chi connectivity index (χ2v) is 6.50. The van der Waals surface area contributed by atoms with E-state index in [1.165, 1.54) is 10.9 Å². The number of aryl methyl sites for hydroxylation is 1. The molecule has 0 spiro atoms. The smallest absolute Gasteiger partial charge is 0.162 e. The Morgan fingerprint density at radius 2 is 1.62 bits per heavy atom. The van der Waals surface area contributed by atoms with Crippen LogP contribution in [-0.4, -0.2) is 14.5 Å². The molecule has 0 atom stereocenters. The highest BCUT2D eigenvalue weighted by Crippen LogP contribution is 2.27. The van der Waals surface area contributed by atoms with Crippen LogP contribution in [-0.2, 0) is 0 Å². The van der Waals surface area contributed by atoms with E-state index >= 15 is 0 Å². The van der Waals surface area contributed by atoms with Crippen molar-refractivity contribution in [3.63, 3.8) is 0 Å². The van der Waals surface area contributed by atoms with Gasteiger partial charge in [0.2, 0.25) is 0 Å². The van der Waals surface area contributed by atoms with Gasteiger partial charge < -0.3 is 4.57 Å². The summed E-state index contributed by atoms with van der Waals surface area (Å²) in [7, 11) is 0. The molecular formula is C23H17N3. The van der Waals surface area contributed by atoms with Crippen molar-refractivity contribution in [1.29, 1.82) is 0 Å². The van der Waals surface area contributed by atoms with Gasteiger partial charge in [0, 0.05) is 17.1 Å². The number of benzene rings is 3. The lowest BCUT2D eigenvalue weighted by molar-refractivity contribution is 1.04. The third kappa shape index (κ3) is 2.37. The molecule has 2 heterocycles. The average Bonchev–Trinajstić information content (AvgIpc) is 3.11. The van der Waals surface area contributed by atoms with Gasteiger partial charge in [0.1, 0.15) is 5.82 Å².